The molecule has 0 amide bonds. The number of nitrogens with one attached hydrogen (secondary N) is 2. The third kappa shape index (κ3) is 2.33. The van der Waals surface area contributed by atoms with E-state index in [2.05, 4.69) is 22.4 Å². The van der Waals surface area contributed by atoms with Crippen LogP contribution in [0.25, 0.3) is 21.8 Å². The van der Waals surface area contributed by atoms with Gasteiger partial charge >= 0.3 is 0 Å². The van der Waals surface area contributed by atoms with Gasteiger partial charge in [-0.15, -0.1) is 0 Å². The Bertz CT molecular complexity index is 1100. The summed E-state index contributed by atoms with van der Waals surface area (Å²) in [5.74, 6) is 2.84. The first-order valence-electron chi connectivity index (χ1n) is 8.37. The van der Waals surface area contributed by atoms with Crippen LogP contribution in [0.2, 0.25) is 0 Å². The molecule has 0 aliphatic heterocycles. The quantitative estimate of drug-likeness (QED) is 0.579. The van der Waals surface area contributed by atoms with E-state index in [1.165, 1.54) is 6.07 Å². The molecule has 0 spiro atoms. The van der Waals surface area contributed by atoms with Crippen LogP contribution in [0, 0.1) is 11.7 Å². The number of aromatic nitrogens is 4. The molecule has 0 saturated heterocycles. The van der Waals surface area contributed by atoms with E-state index in [0.717, 1.165) is 23.1 Å². The van der Waals surface area contributed by atoms with Gasteiger partial charge in [0.1, 0.15) is 23.0 Å². The van der Waals surface area contributed by atoms with Gasteiger partial charge < -0.3 is 5.32 Å². The lowest BCUT2D eigenvalue weighted by Crippen LogP contribution is -2.02. The number of rotatable bonds is 3. The number of aromatic amines is 1. The average Bonchev–Trinajstić information content (AvgIpc) is 3.21. The third-order valence-corrected chi connectivity index (χ3v) is 4.85. The maximum absolute atomic E-state index is 13.9. The van der Waals surface area contributed by atoms with E-state index in [-0.39, 0.29) is 5.82 Å². The number of H-pyrrole nitrogens is 1. The summed E-state index contributed by atoms with van der Waals surface area (Å²) in [6.45, 7) is 2.21. The number of anilines is 2. The Morgan fingerprint density at radius 3 is 2.68 bits per heavy atom. The molecule has 2 heterocycles. The van der Waals surface area contributed by atoms with Gasteiger partial charge in [0.15, 0.2) is 5.82 Å². The number of fused-ring (bicyclic) bond motifs is 2. The molecule has 1 aliphatic rings. The highest BCUT2D eigenvalue weighted by Crippen LogP contribution is 2.46. The molecule has 1 aliphatic carbocycles. The predicted molar refractivity (Wildman–Crippen MR) is 95.4 cm³/mol. The summed E-state index contributed by atoms with van der Waals surface area (Å²) in [4.78, 5) is 9.46. The maximum Gasteiger partial charge on any atom is 0.161 e. The van der Waals surface area contributed by atoms with Crippen LogP contribution in [0.15, 0.2) is 42.5 Å². The Kier molecular flexibility index (Phi) is 3.00. The fraction of sp³-hybridized carbons (Fsp3) is 0.211. The summed E-state index contributed by atoms with van der Waals surface area (Å²) < 4.78 is 13.9. The zero-order valence-corrected chi connectivity index (χ0v) is 13.6. The van der Waals surface area contributed by atoms with Gasteiger partial charge in [0, 0.05) is 16.7 Å². The first-order chi connectivity index (χ1) is 12.2. The van der Waals surface area contributed by atoms with Crippen LogP contribution < -0.4 is 5.32 Å². The molecule has 6 heteroatoms. The second kappa shape index (κ2) is 5.24. The molecule has 5 rings (SSSR count). The van der Waals surface area contributed by atoms with Crippen molar-refractivity contribution in [2.45, 2.75) is 19.3 Å². The molecular weight excluding hydrogens is 317 g/mol. The molecule has 0 bridgehead atoms. The van der Waals surface area contributed by atoms with Crippen LogP contribution in [-0.2, 0) is 0 Å². The summed E-state index contributed by atoms with van der Waals surface area (Å²) in [6, 6.07) is 12.8. The van der Waals surface area contributed by atoms with Crippen LogP contribution in [0.1, 0.15) is 25.1 Å². The van der Waals surface area contributed by atoms with Crippen molar-refractivity contribution in [3.63, 3.8) is 0 Å². The lowest BCUT2D eigenvalue weighted by molar-refractivity contribution is 0.636. The van der Waals surface area contributed by atoms with Gasteiger partial charge in [-0.3, -0.25) is 5.10 Å². The maximum atomic E-state index is 13.9. The van der Waals surface area contributed by atoms with E-state index >= 15 is 0 Å². The van der Waals surface area contributed by atoms with E-state index in [1.54, 1.807) is 6.07 Å². The zero-order valence-electron chi connectivity index (χ0n) is 13.6. The van der Waals surface area contributed by atoms with Gasteiger partial charge in [-0.25, -0.2) is 14.4 Å². The summed E-state index contributed by atoms with van der Waals surface area (Å²) in [5, 5.41) is 11.9. The minimum absolute atomic E-state index is 0.321. The summed E-state index contributed by atoms with van der Waals surface area (Å²) >= 11 is 0. The fourth-order valence-corrected chi connectivity index (χ4v) is 3.25. The van der Waals surface area contributed by atoms with Crippen LogP contribution in [0.3, 0.4) is 0 Å². The number of nitrogens with zero attached hydrogens (tertiary/aromatic N) is 3. The Morgan fingerprint density at radius 1 is 1.04 bits per heavy atom. The highest BCUT2D eigenvalue weighted by atomic mass is 19.1. The second-order valence-electron chi connectivity index (χ2n) is 6.63. The van der Waals surface area contributed by atoms with E-state index in [1.807, 2.05) is 30.3 Å². The minimum Gasteiger partial charge on any atom is -0.322 e. The summed E-state index contributed by atoms with van der Waals surface area (Å²) in [5.41, 5.74) is 1.29. The van der Waals surface area contributed by atoms with Crippen LogP contribution in [-0.4, -0.2) is 20.2 Å². The molecule has 2 N–H and O–H groups in total. The van der Waals surface area contributed by atoms with Crippen LogP contribution >= 0.6 is 0 Å². The molecule has 1 unspecified atom stereocenters. The van der Waals surface area contributed by atoms with Crippen LogP contribution in [0.4, 0.5) is 16.0 Å². The Hall–Kier alpha value is -3.02. The van der Waals surface area contributed by atoms with Gasteiger partial charge in [0.05, 0.1) is 5.52 Å². The smallest absolute Gasteiger partial charge is 0.161 e. The van der Waals surface area contributed by atoms with Crippen molar-refractivity contribution in [3.8, 4) is 0 Å². The van der Waals surface area contributed by atoms with E-state index in [0.29, 0.717) is 34.4 Å². The molecular formula is C19H16FN5. The standard InChI is InChI=1S/C19H16FN5/c1-10-9-13(10)18-21-15-8-3-2-5-11(15)17(22-18)23-19-12-6-4-7-14(20)16(12)24-25-19/h2-8,10,13H,9H2,1H3,(H2,21,22,23,24,25)/t10-,13?/m1/s1. The van der Waals surface area contributed by atoms with Crippen molar-refractivity contribution in [3.05, 3.63) is 54.1 Å². The summed E-state index contributed by atoms with van der Waals surface area (Å²) in [6.07, 6.45) is 1.12. The normalized spacial score (nSPS) is 19.4. The number of para-hydroxylation sites is 2. The molecule has 25 heavy (non-hydrogen) atoms. The van der Waals surface area contributed by atoms with E-state index < -0.39 is 0 Å². The SMILES string of the molecule is C[C@@H]1CC1c1nc(Nc2n[nH]c3c(F)cccc23)c2ccccc2n1. The number of halogens is 1. The number of hydrogen-bond donors (Lipinski definition) is 2. The van der Waals surface area contributed by atoms with Gasteiger partial charge in [0.2, 0.25) is 0 Å². The molecule has 1 fully saturated rings. The number of benzene rings is 2. The van der Waals surface area contributed by atoms with Crippen molar-refractivity contribution in [1.82, 2.24) is 20.2 Å². The average molecular weight is 333 g/mol. The molecule has 1 saturated carbocycles. The van der Waals surface area contributed by atoms with Gasteiger partial charge in [-0.2, -0.15) is 5.10 Å². The van der Waals surface area contributed by atoms with Crippen molar-refractivity contribution in [1.29, 1.82) is 0 Å². The predicted octanol–water partition coefficient (Wildman–Crippen LogP) is 4.51. The lowest BCUT2D eigenvalue weighted by atomic mass is 10.2. The third-order valence-electron chi connectivity index (χ3n) is 4.85. The van der Waals surface area contributed by atoms with Crippen molar-refractivity contribution in [2.75, 3.05) is 5.32 Å². The Labute approximate surface area is 143 Å². The number of hydrogen-bond acceptors (Lipinski definition) is 4. The first-order valence-corrected chi connectivity index (χ1v) is 8.37. The van der Waals surface area contributed by atoms with Crippen molar-refractivity contribution in [2.24, 2.45) is 5.92 Å². The van der Waals surface area contributed by atoms with E-state index in [4.69, 9.17) is 9.97 Å². The highest BCUT2D eigenvalue weighted by Gasteiger charge is 2.37. The van der Waals surface area contributed by atoms with Crippen molar-refractivity contribution < 1.29 is 4.39 Å². The molecule has 0 radical (unpaired) electrons. The fourth-order valence-electron chi connectivity index (χ4n) is 3.25. The second-order valence-corrected chi connectivity index (χ2v) is 6.63. The highest BCUT2D eigenvalue weighted by molar-refractivity contribution is 5.96. The van der Waals surface area contributed by atoms with Gasteiger partial charge in [0.25, 0.3) is 0 Å². The zero-order chi connectivity index (χ0) is 17.0. The first kappa shape index (κ1) is 14.3. The van der Waals surface area contributed by atoms with Crippen LogP contribution in [0.5, 0.6) is 0 Å². The molecule has 2 aromatic heterocycles. The Morgan fingerprint density at radius 2 is 1.84 bits per heavy atom. The lowest BCUT2D eigenvalue weighted by Gasteiger charge is -2.09. The van der Waals surface area contributed by atoms with E-state index in [9.17, 15) is 4.39 Å². The largest absolute Gasteiger partial charge is 0.322 e. The molecule has 4 aromatic rings. The summed E-state index contributed by atoms with van der Waals surface area (Å²) in [7, 11) is 0. The van der Waals surface area contributed by atoms with Crippen molar-refractivity contribution >= 4 is 33.4 Å². The monoisotopic (exact) mass is 333 g/mol. The Balaban J connectivity index is 1.65. The van der Waals surface area contributed by atoms with Gasteiger partial charge in [-0.1, -0.05) is 25.1 Å². The topological polar surface area (TPSA) is 66.5 Å². The molecule has 2 atom stereocenters. The van der Waals surface area contributed by atoms with Gasteiger partial charge in [-0.05, 0) is 36.6 Å². The molecule has 5 nitrogen and oxygen atoms in total. The minimum atomic E-state index is -0.321. The molecule has 124 valence electrons. The molecule has 2 aromatic carbocycles.